The van der Waals surface area contributed by atoms with Gasteiger partial charge in [0.2, 0.25) is 0 Å². The first kappa shape index (κ1) is 26.1. The van der Waals surface area contributed by atoms with Crippen LogP contribution in [-0.4, -0.2) is 74.6 Å². The van der Waals surface area contributed by atoms with E-state index in [-0.39, 0.29) is 11.3 Å². The van der Waals surface area contributed by atoms with Crippen molar-refractivity contribution in [3.63, 3.8) is 0 Å². The normalized spacial score (nSPS) is 17.2. The van der Waals surface area contributed by atoms with Crippen LogP contribution in [0.2, 0.25) is 0 Å². The molecule has 1 N–H and O–H groups in total. The predicted octanol–water partition coefficient (Wildman–Crippen LogP) is 3.78. The number of rotatable bonds is 10. The quantitative estimate of drug-likeness (QED) is 0.313. The highest BCUT2D eigenvalue weighted by Gasteiger charge is 2.46. The minimum atomic E-state index is -0.760. The highest BCUT2D eigenvalue weighted by atomic mass is 16.5. The van der Waals surface area contributed by atoms with E-state index in [9.17, 15) is 14.7 Å². The predicted molar refractivity (Wildman–Crippen MR) is 134 cm³/mol. The molecule has 0 unspecified atom stereocenters. The molecule has 1 atom stereocenters. The lowest BCUT2D eigenvalue weighted by Crippen LogP contribution is -2.32. The van der Waals surface area contributed by atoms with Gasteiger partial charge in [-0.1, -0.05) is 6.07 Å². The van der Waals surface area contributed by atoms with Crippen LogP contribution in [0.4, 0.5) is 0 Å². The molecule has 8 heteroatoms. The maximum Gasteiger partial charge on any atom is 0.295 e. The van der Waals surface area contributed by atoms with Crippen LogP contribution in [0, 0.1) is 6.92 Å². The van der Waals surface area contributed by atoms with Gasteiger partial charge >= 0.3 is 0 Å². The van der Waals surface area contributed by atoms with Gasteiger partial charge in [-0.15, -0.1) is 0 Å². The molecular formula is C27H34N2O6. The number of hydrogen-bond acceptors (Lipinski definition) is 7. The van der Waals surface area contributed by atoms with Gasteiger partial charge < -0.3 is 29.1 Å². The Hall–Kier alpha value is -3.52. The molecule has 1 aliphatic heterocycles. The molecule has 8 nitrogen and oxygen atoms in total. The highest BCUT2D eigenvalue weighted by Crippen LogP contribution is 2.42. The van der Waals surface area contributed by atoms with E-state index in [0.717, 1.165) is 12.1 Å². The van der Waals surface area contributed by atoms with E-state index in [1.807, 2.05) is 32.8 Å². The molecule has 2 aromatic carbocycles. The lowest BCUT2D eigenvalue weighted by atomic mass is 9.94. The monoisotopic (exact) mass is 482 g/mol. The Kier molecular flexibility index (Phi) is 8.40. The van der Waals surface area contributed by atoms with Gasteiger partial charge in [-0.05, 0) is 82.4 Å². The van der Waals surface area contributed by atoms with Crippen molar-refractivity contribution in [1.82, 2.24) is 9.80 Å². The fourth-order valence-electron chi connectivity index (χ4n) is 4.31. The van der Waals surface area contributed by atoms with Gasteiger partial charge in [-0.25, -0.2) is 0 Å². The zero-order chi connectivity index (χ0) is 25.7. The Balaban J connectivity index is 2.14. The summed E-state index contributed by atoms with van der Waals surface area (Å²) in [6.45, 7) is 5.39. The van der Waals surface area contributed by atoms with Gasteiger partial charge in [0.1, 0.15) is 11.5 Å². The fraction of sp³-hybridized carbons (Fsp3) is 0.407. The molecule has 2 aromatic rings. The Morgan fingerprint density at radius 2 is 1.71 bits per heavy atom. The van der Waals surface area contributed by atoms with Gasteiger partial charge in [0.05, 0.1) is 32.4 Å². The summed E-state index contributed by atoms with van der Waals surface area (Å²) in [5.74, 6) is 0.143. The number of amides is 1. The Morgan fingerprint density at radius 3 is 2.31 bits per heavy atom. The molecule has 0 bridgehead atoms. The summed E-state index contributed by atoms with van der Waals surface area (Å²) in [6, 6.07) is 9.70. The summed E-state index contributed by atoms with van der Waals surface area (Å²) in [4.78, 5) is 29.9. The van der Waals surface area contributed by atoms with Crippen LogP contribution in [0.3, 0.4) is 0 Å². The molecule has 0 aliphatic carbocycles. The third-order valence-electron chi connectivity index (χ3n) is 6.02. The third-order valence-corrected chi connectivity index (χ3v) is 6.02. The first-order chi connectivity index (χ1) is 16.7. The van der Waals surface area contributed by atoms with E-state index < -0.39 is 17.7 Å². The molecule has 1 fully saturated rings. The first-order valence-electron chi connectivity index (χ1n) is 11.6. The van der Waals surface area contributed by atoms with E-state index in [1.54, 1.807) is 43.5 Å². The van der Waals surface area contributed by atoms with Crippen molar-refractivity contribution in [2.24, 2.45) is 0 Å². The molecule has 35 heavy (non-hydrogen) atoms. The first-order valence-corrected chi connectivity index (χ1v) is 11.6. The standard InChI is InChI=1S/C27H34N2O6/c1-7-35-20-11-10-19(15-17(20)2)25(30)23-24(18-9-12-21(33-5)22(16-18)34-6)29(27(32)26(23)31)14-8-13-28(3)4/h9-12,15-16,24,30H,7-8,13-14H2,1-6H3/t24-/m1/s1. The van der Waals surface area contributed by atoms with Gasteiger partial charge in [0.25, 0.3) is 11.7 Å². The summed E-state index contributed by atoms with van der Waals surface area (Å²) in [7, 11) is 6.97. The topological polar surface area (TPSA) is 88.5 Å². The number of benzene rings is 2. The zero-order valence-electron chi connectivity index (χ0n) is 21.3. The van der Waals surface area contributed by atoms with Crippen molar-refractivity contribution in [2.45, 2.75) is 26.3 Å². The van der Waals surface area contributed by atoms with Crippen molar-refractivity contribution < 1.29 is 28.9 Å². The second kappa shape index (κ2) is 11.3. The second-order valence-corrected chi connectivity index (χ2v) is 8.68. The largest absolute Gasteiger partial charge is 0.507 e. The number of hydrogen-bond donors (Lipinski definition) is 1. The Labute approximate surface area is 206 Å². The summed E-state index contributed by atoms with van der Waals surface area (Å²) in [5.41, 5.74) is 1.97. The SMILES string of the molecule is CCOc1ccc(C(O)=C2C(=O)C(=O)N(CCCN(C)C)[C@@H]2c2ccc(OC)c(OC)c2)cc1C. The molecule has 1 heterocycles. The zero-order valence-corrected chi connectivity index (χ0v) is 21.3. The van der Waals surface area contributed by atoms with Crippen molar-refractivity contribution >= 4 is 17.4 Å². The Morgan fingerprint density at radius 1 is 1.03 bits per heavy atom. The molecular weight excluding hydrogens is 448 g/mol. The summed E-state index contributed by atoms with van der Waals surface area (Å²) < 4.78 is 16.4. The summed E-state index contributed by atoms with van der Waals surface area (Å²) in [6.07, 6.45) is 0.673. The van der Waals surface area contributed by atoms with Crippen LogP contribution in [-0.2, 0) is 9.59 Å². The number of aryl methyl sites for hydroxylation is 1. The number of carbonyl (C=O) groups is 2. The number of Topliss-reactive ketones (excluding diaryl/α,β-unsaturated/α-hetero) is 1. The molecule has 1 saturated heterocycles. The van der Waals surface area contributed by atoms with Gasteiger partial charge in [0, 0.05) is 12.1 Å². The van der Waals surface area contributed by atoms with Gasteiger partial charge in [-0.3, -0.25) is 9.59 Å². The van der Waals surface area contributed by atoms with Crippen molar-refractivity contribution in [1.29, 1.82) is 0 Å². The number of ketones is 1. The van der Waals surface area contributed by atoms with Crippen LogP contribution >= 0.6 is 0 Å². The maximum atomic E-state index is 13.2. The number of carbonyl (C=O) groups excluding carboxylic acids is 2. The molecule has 1 aliphatic rings. The van der Waals surface area contributed by atoms with E-state index in [2.05, 4.69) is 0 Å². The van der Waals surface area contributed by atoms with Crippen molar-refractivity contribution in [3.8, 4) is 17.2 Å². The molecule has 1 amide bonds. The van der Waals surface area contributed by atoms with E-state index in [4.69, 9.17) is 14.2 Å². The van der Waals surface area contributed by atoms with Crippen molar-refractivity contribution in [3.05, 3.63) is 58.7 Å². The number of aliphatic hydroxyl groups is 1. The average molecular weight is 483 g/mol. The van der Waals surface area contributed by atoms with Gasteiger partial charge in [0.15, 0.2) is 11.5 Å². The third kappa shape index (κ3) is 5.43. The van der Waals surface area contributed by atoms with E-state index in [0.29, 0.717) is 47.9 Å². The number of aliphatic hydroxyl groups excluding tert-OH is 1. The molecule has 0 radical (unpaired) electrons. The lowest BCUT2D eigenvalue weighted by Gasteiger charge is -2.26. The van der Waals surface area contributed by atoms with Crippen LogP contribution < -0.4 is 14.2 Å². The number of ether oxygens (including phenoxy) is 3. The number of likely N-dealkylation sites (tertiary alicyclic amines) is 1. The smallest absolute Gasteiger partial charge is 0.295 e. The number of nitrogens with zero attached hydrogens (tertiary/aromatic N) is 2. The fourth-order valence-corrected chi connectivity index (χ4v) is 4.31. The summed E-state index contributed by atoms with van der Waals surface area (Å²) in [5, 5.41) is 11.3. The lowest BCUT2D eigenvalue weighted by molar-refractivity contribution is -0.139. The minimum Gasteiger partial charge on any atom is -0.507 e. The Bertz CT molecular complexity index is 1120. The second-order valence-electron chi connectivity index (χ2n) is 8.68. The molecule has 188 valence electrons. The van der Waals surface area contributed by atoms with Crippen LogP contribution in [0.5, 0.6) is 17.2 Å². The van der Waals surface area contributed by atoms with Crippen molar-refractivity contribution in [2.75, 3.05) is 48.0 Å². The minimum absolute atomic E-state index is 0.0515. The maximum absolute atomic E-state index is 13.2. The van der Waals surface area contributed by atoms with Crippen LogP contribution in [0.1, 0.15) is 36.1 Å². The number of methoxy groups -OCH3 is 2. The molecule has 0 aromatic heterocycles. The van der Waals surface area contributed by atoms with Gasteiger partial charge in [-0.2, -0.15) is 0 Å². The van der Waals surface area contributed by atoms with Crippen LogP contribution in [0.25, 0.3) is 5.76 Å². The van der Waals surface area contributed by atoms with Crippen LogP contribution in [0.15, 0.2) is 42.0 Å². The van der Waals surface area contributed by atoms with E-state index >= 15 is 0 Å². The molecule has 3 rings (SSSR count). The highest BCUT2D eigenvalue weighted by molar-refractivity contribution is 6.46. The summed E-state index contributed by atoms with van der Waals surface area (Å²) >= 11 is 0. The molecule has 0 spiro atoms. The van der Waals surface area contributed by atoms with E-state index in [1.165, 1.54) is 12.0 Å². The molecule has 0 saturated carbocycles. The average Bonchev–Trinajstić information content (AvgIpc) is 3.09.